The number of carbonyl (C=O) groups excluding carboxylic acids is 2. The highest BCUT2D eigenvalue weighted by Crippen LogP contribution is 2.36. The van der Waals surface area contributed by atoms with Gasteiger partial charge < -0.3 is 15.2 Å². The predicted octanol–water partition coefficient (Wildman–Crippen LogP) is 1.38. The lowest BCUT2D eigenvalue weighted by Crippen LogP contribution is -2.41. The Morgan fingerprint density at radius 3 is 2.77 bits per heavy atom. The highest BCUT2D eigenvalue weighted by molar-refractivity contribution is 6.40. The van der Waals surface area contributed by atoms with Crippen LogP contribution in [0.15, 0.2) is 30.6 Å². The van der Waals surface area contributed by atoms with Gasteiger partial charge in [0.05, 0.1) is 11.0 Å². The first-order chi connectivity index (χ1) is 16.9. The molecule has 14 nitrogen and oxygen atoms in total. The minimum Gasteiger partial charge on any atom is -0.354 e. The molecule has 0 aliphatic carbocycles. The molecule has 2 atom stereocenters. The zero-order chi connectivity index (χ0) is 24.7. The van der Waals surface area contributed by atoms with Gasteiger partial charge >= 0.3 is 11.8 Å². The van der Waals surface area contributed by atoms with Crippen molar-refractivity contribution in [3.05, 3.63) is 40.7 Å². The van der Waals surface area contributed by atoms with Crippen molar-refractivity contribution >= 4 is 51.2 Å². The SMILES string of the molecule is CNC(=O)C(=O)Nc1nn([C@H]2CN(c3ccc([N+](=O)[O-])cn3)CC[C@H]2C)c2c1nnc1[nH]ccc12. The van der Waals surface area contributed by atoms with Crippen molar-refractivity contribution in [1.82, 2.24) is 35.3 Å². The summed E-state index contributed by atoms with van der Waals surface area (Å²) < 4.78 is 1.82. The summed E-state index contributed by atoms with van der Waals surface area (Å²) >= 11 is 0. The molecule has 1 aliphatic rings. The third-order valence-electron chi connectivity index (χ3n) is 6.28. The van der Waals surface area contributed by atoms with Crippen LogP contribution in [0.4, 0.5) is 17.3 Å². The molecule has 0 saturated carbocycles. The molecular formula is C21H22N10O4. The highest BCUT2D eigenvalue weighted by Gasteiger charge is 2.32. The minimum absolute atomic E-state index is 0.0707. The summed E-state index contributed by atoms with van der Waals surface area (Å²) in [6, 6.07) is 4.79. The number of fused-ring (bicyclic) bond motifs is 3. The number of hydrogen-bond donors (Lipinski definition) is 3. The molecule has 1 fully saturated rings. The van der Waals surface area contributed by atoms with E-state index in [-0.39, 0.29) is 23.5 Å². The number of nitro groups is 1. The van der Waals surface area contributed by atoms with Crippen LogP contribution < -0.4 is 15.5 Å². The molecule has 5 rings (SSSR count). The Morgan fingerprint density at radius 2 is 2.06 bits per heavy atom. The van der Waals surface area contributed by atoms with Gasteiger partial charge in [-0.3, -0.25) is 29.7 Å². The van der Waals surface area contributed by atoms with Crippen LogP contribution in [0.25, 0.3) is 22.1 Å². The fourth-order valence-corrected chi connectivity index (χ4v) is 4.36. The van der Waals surface area contributed by atoms with Gasteiger partial charge in [0.2, 0.25) is 0 Å². The van der Waals surface area contributed by atoms with Crippen LogP contribution in [0, 0.1) is 16.0 Å². The van der Waals surface area contributed by atoms with Gasteiger partial charge in [0.25, 0.3) is 5.69 Å². The maximum atomic E-state index is 12.3. The Kier molecular flexibility index (Phi) is 5.47. The quantitative estimate of drug-likeness (QED) is 0.222. The van der Waals surface area contributed by atoms with Crippen LogP contribution in [0.5, 0.6) is 0 Å². The predicted molar refractivity (Wildman–Crippen MR) is 126 cm³/mol. The summed E-state index contributed by atoms with van der Waals surface area (Å²) in [7, 11) is 1.37. The number of aromatic nitrogens is 6. The second-order valence-electron chi connectivity index (χ2n) is 8.37. The number of amides is 2. The first kappa shape index (κ1) is 22.2. The molecule has 0 aromatic carbocycles. The Morgan fingerprint density at radius 1 is 1.23 bits per heavy atom. The van der Waals surface area contributed by atoms with Crippen molar-refractivity contribution < 1.29 is 14.5 Å². The summed E-state index contributed by atoms with van der Waals surface area (Å²) in [6.45, 7) is 3.37. The summed E-state index contributed by atoms with van der Waals surface area (Å²) in [5.74, 6) is -0.684. The van der Waals surface area contributed by atoms with E-state index in [9.17, 15) is 19.7 Å². The first-order valence-electron chi connectivity index (χ1n) is 11.0. The summed E-state index contributed by atoms with van der Waals surface area (Å²) in [6.07, 6.45) is 3.81. The number of H-pyrrole nitrogens is 1. The Bertz CT molecular complexity index is 1440. The molecular weight excluding hydrogens is 456 g/mol. The first-order valence-corrected chi connectivity index (χ1v) is 11.0. The van der Waals surface area contributed by atoms with E-state index in [0.717, 1.165) is 18.4 Å². The molecule has 2 amide bonds. The maximum absolute atomic E-state index is 12.3. The largest absolute Gasteiger partial charge is 0.354 e. The number of aromatic amines is 1. The molecule has 4 aromatic rings. The number of rotatable bonds is 4. The van der Waals surface area contributed by atoms with Gasteiger partial charge in [-0.15, -0.1) is 10.2 Å². The van der Waals surface area contributed by atoms with Gasteiger partial charge in [0.1, 0.15) is 17.5 Å². The summed E-state index contributed by atoms with van der Waals surface area (Å²) in [4.78, 5) is 43.9. The van der Waals surface area contributed by atoms with Gasteiger partial charge in [-0.25, -0.2) is 4.98 Å². The minimum atomic E-state index is -0.858. The lowest BCUT2D eigenvalue weighted by molar-refractivity contribution is -0.385. The molecule has 1 aliphatic heterocycles. The lowest BCUT2D eigenvalue weighted by atomic mass is 9.93. The number of nitrogens with one attached hydrogen (secondary N) is 3. The van der Waals surface area contributed by atoms with Gasteiger partial charge in [0, 0.05) is 37.8 Å². The van der Waals surface area contributed by atoms with E-state index in [1.54, 1.807) is 12.3 Å². The lowest BCUT2D eigenvalue weighted by Gasteiger charge is -2.38. The highest BCUT2D eigenvalue weighted by atomic mass is 16.6. The third kappa shape index (κ3) is 3.88. The number of pyridine rings is 1. The zero-order valence-corrected chi connectivity index (χ0v) is 18.9. The van der Waals surface area contributed by atoms with Crippen molar-refractivity contribution in [1.29, 1.82) is 0 Å². The van der Waals surface area contributed by atoms with Crippen LogP contribution >= 0.6 is 0 Å². The number of likely N-dealkylation sites (N-methyl/N-ethyl adjacent to an activating group) is 1. The Labute approximate surface area is 197 Å². The van der Waals surface area contributed by atoms with Crippen LogP contribution in [0.3, 0.4) is 0 Å². The number of hydrogen-bond acceptors (Lipinski definition) is 9. The molecule has 0 bridgehead atoms. The van der Waals surface area contributed by atoms with Crippen molar-refractivity contribution in [2.24, 2.45) is 5.92 Å². The molecule has 5 heterocycles. The second kappa shape index (κ2) is 8.62. The maximum Gasteiger partial charge on any atom is 0.314 e. The number of anilines is 2. The van der Waals surface area contributed by atoms with Crippen LogP contribution in [-0.4, -0.2) is 66.8 Å². The monoisotopic (exact) mass is 478 g/mol. The number of piperidine rings is 1. The number of nitrogens with zero attached hydrogens (tertiary/aromatic N) is 7. The van der Waals surface area contributed by atoms with E-state index >= 15 is 0 Å². The molecule has 4 aromatic heterocycles. The summed E-state index contributed by atoms with van der Waals surface area (Å²) in [5.41, 5.74) is 1.55. The molecule has 14 heteroatoms. The van der Waals surface area contributed by atoms with Gasteiger partial charge in [-0.2, -0.15) is 5.10 Å². The fourth-order valence-electron chi connectivity index (χ4n) is 4.36. The van der Waals surface area contributed by atoms with Crippen molar-refractivity contribution in [2.75, 3.05) is 30.4 Å². The van der Waals surface area contributed by atoms with Gasteiger partial charge in [-0.05, 0) is 24.5 Å². The van der Waals surface area contributed by atoms with Gasteiger partial charge in [-0.1, -0.05) is 6.92 Å². The van der Waals surface area contributed by atoms with Gasteiger partial charge in [0.15, 0.2) is 17.0 Å². The molecule has 3 N–H and O–H groups in total. The third-order valence-corrected chi connectivity index (χ3v) is 6.28. The zero-order valence-electron chi connectivity index (χ0n) is 18.9. The molecule has 180 valence electrons. The average Bonchev–Trinajstić information content (AvgIpc) is 3.48. The van der Waals surface area contributed by atoms with E-state index in [2.05, 4.69) is 42.8 Å². The van der Waals surface area contributed by atoms with Crippen LogP contribution in [0.2, 0.25) is 0 Å². The molecule has 1 saturated heterocycles. The van der Waals surface area contributed by atoms with Crippen molar-refractivity contribution in [3.8, 4) is 0 Å². The molecule has 0 spiro atoms. The standard InChI is InChI=1S/C21H22N10O4/c1-11-6-8-29(15-4-3-12(9-24-15)31(34)35)10-14(11)30-17-13-5-7-23-18(13)27-26-16(17)19(28-30)25-21(33)20(32)22-2/h3-5,7,9,11,14H,6,8,10H2,1-2H3,(H,22,32)(H,23,27)(H,25,28,33)/t11-,14+/m1/s1. The smallest absolute Gasteiger partial charge is 0.314 e. The molecule has 35 heavy (non-hydrogen) atoms. The molecule has 0 unspecified atom stereocenters. The van der Waals surface area contributed by atoms with Crippen LogP contribution in [-0.2, 0) is 9.59 Å². The van der Waals surface area contributed by atoms with Crippen molar-refractivity contribution in [3.63, 3.8) is 0 Å². The van der Waals surface area contributed by atoms with Crippen LogP contribution in [0.1, 0.15) is 19.4 Å². The van der Waals surface area contributed by atoms with E-state index in [4.69, 9.17) is 0 Å². The summed E-state index contributed by atoms with van der Waals surface area (Å²) in [5, 5.41) is 29.7. The average molecular weight is 478 g/mol. The molecule has 0 radical (unpaired) electrons. The van der Waals surface area contributed by atoms with Crippen molar-refractivity contribution in [2.45, 2.75) is 19.4 Å². The van der Waals surface area contributed by atoms with E-state index in [0.29, 0.717) is 29.0 Å². The number of carbonyl (C=O) groups is 2. The fraction of sp³-hybridized carbons (Fsp3) is 0.333. The Hall–Kier alpha value is -4.62. The normalized spacial score (nSPS) is 18.1. The topological polar surface area (TPSA) is 177 Å². The Balaban J connectivity index is 1.56. The van der Waals surface area contributed by atoms with E-state index in [1.807, 2.05) is 15.6 Å². The van der Waals surface area contributed by atoms with E-state index in [1.165, 1.54) is 19.3 Å². The van der Waals surface area contributed by atoms with E-state index < -0.39 is 16.7 Å². The second-order valence-corrected chi connectivity index (χ2v) is 8.37.